The molecule has 6 nitrogen and oxygen atoms in total. The van der Waals surface area contributed by atoms with Gasteiger partial charge in [0.05, 0.1) is 11.0 Å². The van der Waals surface area contributed by atoms with Crippen LogP contribution in [0.2, 0.25) is 0 Å². The molecule has 0 saturated carbocycles. The Labute approximate surface area is 157 Å². The minimum Gasteiger partial charge on any atom is -0.356 e. The number of rotatable bonds is 3. The number of halogens is 1. The number of carbonyl (C=O) groups excluding carboxylic acids is 1. The molecule has 1 heterocycles. The molecule has 2 aromatic carbocycles. The van der Waals surface area contributed by atoms with E-state index in [1.165, 1.54) is 35.2 Å². The number of fused-ring (bicyclic) bond motifs is 3. The zero-order valence-electron chi connectivity index (χ0n) is 13.8. The van der Waals surface area contributed by atoms with Gasteiger partial charge in [-0.2, -0.15) is 0 Å². The second-order valence-corrected chi connectivity index (χ2v) is 7.35. The first-order valence-electron chi connectivity index (χ1n) is 8.38. The Morgan fingerprint density at radius 1 is 1.23 bits per heavy atom. The van der Waals surface area contributed by atoms with Crippen LogP contribution in [0.15, 0.2) is 46.9 Å². The van der Waals surface area contributed by atoms with Crippen LogP contribution in [0.1, 0.15) is 40.5 Å². The largest absolute Gasteiger partial charge is 0.356 e. The number of aromatic nitrogens is 1. The first kappa shape index (κ1) is 16.8. The Balaban J connectivity index is 1.61. The van der Waals surface area contributed by atoms with Gasteiger partial charge in [0.15, 0.2) is 0 Å². The molecule has 1 aliphatic carbocycles. The minimum absolute atomic E-state index is 0.0253. The van der Waals surface area contributed by atoms with E-state index in [9.17, 15) is 14.9 Å². The number of aromatic amines is 1. The predicted octanol–water partition coefficient (Wildman–Crippen LogP) is 4.65. The van der Waals surface area contributed by atoms with Crippen LogP contribution in [-0.4, -0.2) is 15.8 Å². The van der Waals surface area contributed by atoms with Gasteiger partial charge in [0.25, 0.3) is 11.6 Å². The molecule has 2 N–H and O–H groups in total. The number of nitrogens with zero attached hydrogens (tertiary/aromatic N) is 1. The molecule has 1 atom stereocenters. The van der Waals surface area contributed by atoms with E-state index in [1.807, 2.05) is 12.1 Å². The first-order valence-corrected chi connectivity index (χ1v) is 9.17. The summed E-state index contributed by atoms with van der Waals surface area (Å²) in [6, 6.07) is 11.7. The highest BCUT2D eigenvalue weighted by Crippen LogP contribution is 2.36. The SMILES string of the molecule is O=C(N[C@@H]1CCCc2c1[nH]c1ccc(Br)cc21)c1ccc([N+](=O)[O-])cc1. The van der Waals surface area contributed by atoms with Crippen LogP contribution in [0.5, 0.6) is 0 Å². The second kappa shape index (κ2) is 6.57. The number of nitro groups is 1. The van der Waals surface area contributed by atoms with Gasteiger partial charge in [-0.3, -0.25) is 14.9 Å². The van der Waals surface area contributed by atoms with Crippen molar-refractivity contribution in [2.24, 2.45) is 0 Å². The summed E-state index contributed by atoms with van der Waals surface area (Å²) in [4.78, 5) is 26.3. The van der Waals surface area contributed by atoms with Gasteiger partial charge in [-0.25, -0.2) is 0 Å². The summed E-state index contributed by atoms with van der Waals surface area (Å²) in [5.41, 5.74) is 3.76. The quantitative estimate of drug-likeness (QED) is 0.483. The molecule has 0 radical (unpaired) electrons. The molecule has 0 spiro atoms. The minimum atomic E-state index is -0.474. The maximum Gasteiger partial charge on any atom is 0.269 e. The number of non-ortho nitro benzene ring substituents is 1. The van der Waals surface area contributed by atoms with Crippen molar-refractivity contribution in [3.8, 4) is 0 Å². The molecule has 1 aromatic heterocycles. The number of carbonyl (C=O) groups is 1. The number of benzene rings is 2. The second-order valence-electron chi connectivity index (χ2n) is 6.43. The average molecular weight is 414 g/mol. The van der Waals surface area contributed by atoms with Gasteiger partial charge in [-0.05, 0) is 55.2 Å². The molecule has 132 valence electrons. The molecule has 1 aliphatic rings. The van der Waals surface area contributed by atoms with E-state index in [1.54, 1.807) is 0 Å². The maximum atomic E-state index is 12.6. The molecule has 0 aliphatic heterocycles. The smallest absolute Gasteiger partial charge is 0.269 e. The Morgan fingerprint density at radius 2 is 2.00 bits per heavy atom. The van der Waals surface area contributed by atoms with E-state index in [-0.39, 0.29) is 17.6 Å². The highest BCUT2D eigenvalue weighted by molar-refractivity contribution is 9.10. The lowest BCUT2D eigenvalue weighted by atomic mass is 9.91. The van der Waals surface area contributed by atoms with Crippen molar-refractivity contribution in [1.29, 1.82) is 0 Å². The maximum absolute atomic E-state index is 12.6. The predicted molar refractivity (Wildman–Crippen MR) is 102 cm³/mol. The number of hydrogen-bond acceptors (Lipinski definition) is 3. The number of nitro benzene ring substituents is 1. The normalized spacial score (nSPS) is 16.3. The molecular weight excluding hydrogens is 398 g/mol. The van der Waals surface area contributed by atoms with Crippen molar-refractivity contribution >= 4 is 38.4 Å². The van der Waals surface area contributed by atoms with Gasteiger partial charge in [0, 0.05) is 38.8 Å². The van der Waals surface area contributed by atoms with Gasteiger partial charge in [0.1, 0.15) is 0 Å². The van der Waals surface area contributed by atoms with Crippen molar-refractivity contribution in [1.82, 2.24) is 10.3 Å². The third kappa shape index (κ3) is 2.99. The highest BCUT2D eigenvalue weighted by atomic mass is 79.9. The first-order chi connectivity index (χ1) is 12.5. The van der Waals surface area contributed by atoms with Crippen molar-refractivity contribution in [2.75, 3.05) is 0 Å². The van der Waals surface area contributed by atoms with E-state index in [2.05, 4.69) is 32.3 Å². The van der Waals surface area contributed by atoms with Gasteiger partial charge >= 0.3 is 0 Å². The summed E-state index contributed by atoms with van der Waals surface area (Å²) in [7, 11) is 0. The van der Waals surface area contributed by atoms with Crippen molar-refractivity contribution in [3.63, 3.8) is 0 Å². The molecule has 0 unspecified atom stereocenters. The van der Waals surface area contributed by atoms with E-state index >= 15 is 0 Å². The van der Waals surface area contributed by atoms with Crippen LogP contribution >= 0.6 is 15.9 Å². The van der Waals surface area contributed by atoms with Crippen LogP contribution in [0.25, 0.3) is 10.9 Å². The summed E-state index contributed by atoms with van der Waals surface area (Å²) < 4.78 is 1.03. The van der Waals surface area contributed by atoms with Crippen LogP contribution in [-0.2, 0) is 6.42 Å². The number of hydrogen-bond donors (Lipinski definition) is 2. The molecule has 0 saturated heterocycles. The van der Waals surface area contributed by atoms with Gasteiger partial charge in [0.2, 0.25) is 0 Å². The van der Waals surface area contributed by atoms with Crippen LogP contribution in [0.3, 0.4) is 0 Å². The summed E-state index contributed by atoms with van der Waals surface area (Å²) in [6.07, 6.45) is 2.84. The lowest BCUT2D eigenvalue weighted by Gasteiger charge is -2.24. The molecule has 7 heteroatoms. The lowest BCUT2D eigenvalue weighted by Crippen LogP contribution is -2.31. The molecule has 0 fully saturated rings. The van der Waals surface area contributed by atoms with Crippen molar-refractivity contribution in [3.05, 3.63) is 73.9 Å². The van der Waals surface area contributed by atoms with Crippen molar-refractivity contribution < 1.29 is 9.72 Å². The Bertz CT molecular complexity index is 1010. The zero-order chi connectivity index (χ0) is 18.3. The monoisotopic (exact) mass is 413 g/mol. The molecular formula is C19H16BrN3O3. The fourth-order valence-corrected chi connectivity index (χ4v) is 3.92. The van der Waals surface area contributed by atoms with Gasteiger partial charge in [-0.1, -0.05) is 15.9 Å². The Hall–Kier alpha value is -2.67. The molecule has 26 heavy (non-hydrogen) atoms. The number of amides is 1. The fourth-order valence-electron chi connectivity index (χ4n) is 3.56. The van der Waals surface area contributed by atoms with Crippen LogP contribution in [0.4, 0.5) is 5.69 Å². The van der Waals surface area contributed by atoms with E-state index < -0.39 is 4.92 Å². The summed E-state index contributed by atoms with van der Waals surface area (Å²) in [5, 5.41) is 15.0. The standard InChI is InChI=1S/C19H16BrN3O3/c20-12-6-9-16-15(10-12)14-2-1-3-17(18(14)21-16)22-19(24)11-4-7-13(8-5-11)23(25)26/h4-10,17,21H,1-3H2,(H,22,24)/t17-/m1/s1. The summed E-state index contributed by atoms with van der Waals surface area (Å²) in [6.45, 7) is 0. The fraction of sp³-hybridized carbons (Fsp3) is 0.211. The average Bonchev–Trinajstić information content (AvgIpc) is 3.01. The third-order valence-corrected chi connectivity index (χ3v) is 5.31. The number of H-pyrrole nitrogens is 1. The summed E-state index contributed by atoms with van der Waals surface area (Å²) >= 11 is 3.52. The highest BCUT2D eigenvalue weighted by Gasteiger charge is 2.26. The lowest BCUT2D eigenvalue weighted by molar-refractivity contribution is -0.384. The Kier molecular flexibility index (Phi) is 4.24. The van der Waals surface area contributed by atoms with E-state index in [0.29, 0.717) is 5.56 Å². The summed E-state index contributed by atoms with van der Waals surface area (Å²) in [5.74, 6) is -0.224. The molecule has 1 amide bonds. The van der Waals surface area contributed by atoms with Crippen LogP contribution in [0, 0.1) is 10.1 Å². The Morgan fingerprint density at radius 3 is 2.73 bits per heavy atom. The number of nitrogens with one attached hydrogen (secondary N) is 2. The molecule has 4 rings (SSSR count). The van der Waals surface area contributed by atoms with Crippen molar-refractivity contribution in [2.45, 2.75) is 25.3 Å². The van der Waals surface area contributed by atoms with Crippen LogP contribution < -0.4 is 5.32 Å². The third-order valence-electron chi connectivity index (χ3n) is 4.81. The van der Waals surface area contributed by atoms with E-state index in [4.69, 9.17) is 0 Å². The van der Waals surface area contributed by atoms with Gasteiger partial charge in [-0.15, -0.1) is 0 Å². The zero-order valence-corrected chi connectivity index (χ0v) is 15.4. The molecule has 0 bridgehead atoms. The molecule has 3 aromatic rings. The number of aryl methyl sites for hydroxylation is 1. The van der Waals surface area contributed by atoms with Gasteiger partial charge < -0.3 is 10.3 Å². The topological polar surface area (TPSA) is 88.0 Å². The van der Waals surface area contributed by atoms with E-state index in [0.717, 1.165) is 34.9 Å².